The largest absolute Gasteiger partial charge is 0.494 e. The van der Waals surface area contributed by atoms with Gasteiger partial charge in [0.1, 0.15) is 5.75 Å². The smallest absolute Gasteiger partial charge is 0.418 e. The molecule has 168 valence electrons. The number of alkyl halides is 3. The second kappa shape index (κ2) is 10.1. The van der Waals surface area contributed by atoms with Gasteiger partial charge in [-0.05, 0) is 55.8 Å². The zero-order valence-electron chi connectivity index (χ0n) is 17.4. The van der Waals surface area contributed by atoms with Gasteiger partial charge in [-0.1, -0.05) is 12.1 Å². The van der Waals surface area contributed by atoms with Gasteiger partial charge in [-0.25, -0.2) is 4.68 Å². The molecule has 0 unspecified atom stereocenters. The molecular formula is C23H22F3N3O3. The number of rotatable bonds is 8. The standard InChI is InChI=1S/C23H22F3N3O3/c1-2-32-17-11-9-16(10-12-17)19-13-14-22(31)29(28-19)15-5-8-21(30)27-20-7-4-3-6-18(20)23(24,25)26/h3-4,6-7,9-14H,2,5,8,15H2,1H3,(H,27,30). The summed E-state index contributed by atoms with van der Waals surface area (Å²) in [5, 5.41) is 6.62. The highest BCUT2D eigenvalue weighted by Crippen LogP contribution is 2.34. The lowest BCUT2D eigenvalue weighted by Gasteiger charge is -2.13. The Morgan fingerprint density at radius 3 is 2.47 bits per heavy atom. The van der Waals surface area contributed by atoms with Crippen molar-refractivity contribution >= 4 is 11.6 Å². The number of carbonyl (C=O) groups excluding carboxylic acids is 1. The summed E-state index contributed by atoms with van der Waals surface area (Å²) < 4.78 is 45.8. The van der Waals surface area contributed by atoms with Crippen LogP contribution in [-0.2, 0) is 17.5 Å². The zero-order valence-corrected chi connectivity index (χ0v) is 17.4. The molecule has 9 heteroatoms. The molecule has 6 nitrogen and oxygen atoms in total. The Morgan fingerprint density at radius 1 is 1.06 bits per heavy atom. The predicted molar refractivity (Wildman–Crippen MR) is 114 cm³/mol. The van der Waals surface area contributed by atoms with E-state index in [1.165, 1.54) is 28.9 Å². The molecule has 1 aromatic heterocycles. The molecular weight excluding hydrogens is 423 g/mol. The molecule has 0 radical (unpaired) electrons. The molecule has 2 aromatic carbocycles. The normalized spacial score (nSPS) is 11.2. The van der Waals surface area contributed by atoms with E-state index in [9.17, 15) is 22.8 Å². The summed E-state index contributed by atoms with van der Waals surface area (Å²) >= 11 is 0. The molecule has 0 atom stereocenters. The molecule has 0 saturated heterocycles. The van der Waals surface area contributed by atoms with Gasteiger partial charge in [-0.15, -0.1) is 0 Å². The van der Waals surface area contributed by atoms with E-state index in [4.69, 9.17) is 4.74 Å². The number of para-hydroxylation sites is 1. The fourth-order valence-electron chi connectivity index (χ4n) is 3.09. The third-order valence-electron chi connectivity index (χ3n) is 4.61. The monoisotopic (exact) mass is 445 g/mol. The van der Waals surface area contributed by atoms with Crippen molar-refractivity contribution in [2.75, 3.05) is 11.9 Å². The Kier molecular flexibility index (Phi) is 7.29. The zero-order chi connectivity index (χ0) is 23.1. The van der Waals surface area contributed by atoms with Crippen LogP contribution in [0, 0.1) is 0 Å². The molecule has 0 fully saturated rings. The Hall–Kier alpha value is -3.62. The fraction of sp³-hybridized carbons (Fsp3) is 0.261. The van der Waals surface area contributed by atoms with E-state index >= 15 is 0 Å². The molecule has 1 heterocycles. The van der Waals surface area contributed by atoms with Crippen LogP contribution in [0.3, 0.4) is 0 Å². The summed E-state index contributed by atoms with van der Waals surface area (Å²) in [5.74, 6) is 0.153. The molecule has 3 rings (SSSR count). The molecule has 1 amide bonds. The summed E-state index contributed by atoms with van der Waals surface area (Å²) in [6.45, 7) is 2.59. The van der Waals surface area contributed by atoms with E-state index in [1.54, 1.807) is 18.2 Å². The third kappa shape index (κ3) is 5.96. The third-order valence-corrected chi connectivity index (χ3v) is 4.61. The topological polar surface area (TPSA) is 73.2 Å². The van der Waals surface area contributed by atoms with Crippen molar-refractivity contribution in [1.29, 1.82) is 0 Å². The minimum atomic E-state index is -4.57. The van der Waals surface area contributed by atoms with Crippen LogP contribution >= 0.6 is 0 Å². The number of hydrogen-bond donors (Lipinski definition) is 1. The second-order valence-electron chi connectivity index (χ2n) is 6.93. The number of anilines is 1. The maximum atomic E-state index is 13.1. The molecule has 0 saturated carbocycles. The van der Waals surface area contributed by atoms with Crippen molar-refractivity contribution < 1.29 is 22.7 Å². The maximum Gasteiger partial charge on any atom is 0.418 e. The number of hydrogen-bond acceptors (Lipinski definition) is 4. The molecule has 0 spiro atoms. The van der Waals surface area contributed by atoms with Gasteiger partial charge in [0.2, 0.25) is 5.91 Å². The van der Waals surface area contributed by atoms with Crippen LogP contribution in [0.25, 0.3) is 11.3 Å². The molecule has 0 aliphatic carbocycles. The van der Waals surface area contributed by atoms with Gasteiger partial charge in [0.15, 0.2) is 0 Å². The van der Waals surface area contributed by atoms with Crippen LogP contribution in [0.1, 0.15) is 25.3 Å². The molecule has 3 aromatic rings. The van der Waals surface area contributed by atoms with Gasteiger partial charge in [0, 0.05) is 24.6 Å². The van der Waals surface area contributed by atoms with Gasteiger partial charge in [-0.3, -0.25) is 9.59 Å². The minimum Gasteiger partial charge on any atom is -0.494 e. The number of amides is 1. The van der Waals surface area contributed by atoms with Crippen LogP contribution in [-0.4, -0.2) is 22.3 Å². The average molecular weight is 445 g/mol. The highest BCUT2D eigenvalue weighted by molar-refractivity contribution is 5.91. The first-order valence-electron chi connectivity index (χ1n) is 10.1. The Balaban J connectivity index is 1.62. The summed E-state index contributed by atoms with van der Waals surface area (Å²) in [4.78, 5) is 24.3. The van der Waals surface area contributed by atoms with Gasteiger partial charge in [0.25, 0.3) is 5.56 Å². The van der Waals surface area contributed by atoms with Crippen molar-refractivity contribution in [2.24, 2.45) is 0 Å². The van der Waals surface area contributed by atoms with Crippen LogP contribution in [0.15, 0.2) is 65.5 Å². The number of aryl methyl sites for hydroxylation is 1. The van der Waals surface area contributed by atoms with Crippen molar-refractivity contribution in [3.05, 3.63) is 76.6 Å². The second-order valence-corrected chi connectivity index (χ2v) is 6.93. The summed E-state index contributed by atoms with van der Waals surface area (Å²) in [5.41, 5.74) is -0.158. The summed E-state index contributed by atoms with van der Waals surface area (Å²) in [6, 6.07) is 15.0. The van der Waals surface area contributed by atoms with Crippen LogP contribution in [0.4, 0.5) is 18.9 Å². The van der Waals surface area contributed by atoms with Gasteiger partial charge in [0.05, 0.1) is 23.6 Å². The van der Waals surface area contributed by atoms with Crippen molar-refractivity contribution in [3.8, 4) is 17.0 Å². The average Bonchev–Trinajstić information content (AvgIpc) is 2.75. The van der Waals surface area contributed by atoms with Crippen LogP contribution in [0.5, 0.6) is 5.75 Å². The number of carbonyl (C=O) groups is 1. The van der Waals surface area contributed by atoms with Crippen molar-refractivity contribution in [1.82, 2.24) is 9.78 Å². The van der Waals surface area contributed by atoms with Crippen LogP contribution < -0.4 is 15.6 Å². The molecule has 1 N–H and O–H groups in total. The van der Waals surface area contributed by atoms with E-state index in [1.807, 2.05) is 19.1 Å². The Bertz CT molecular complexity index is 1130. The molecule has 0 bridgehead atoms. The highest BCUT2D eigenvalue weighted by Gasteiger charge is 2.33. The number of benzene rings is 2. The first kappa shape index (κ1) is 23.1. The number of nitrogens with zero attached hydrogens (tertiary/aromatic N) is 2. The first-order chi connectivity index (χ1) is 15.3. The maximum absolute atomic E-state index is 13.1. The summed E-state index contributed by atoms with van der Waals surface area (Å²) in [6.07, 6.45) is -4.39. The number of nitrogens with one attached hydrogen (secondary N) is 1. The Morgan fingerprint density at radius 2 is 1.78 bits per heavy atom. The lowest BCUT2D eigenvalue weighted by molar-refractivity contribution is -0.137. The summed E-state index contributed by atoms with van der Waals surface area (Å²) in [7, 11) is 0. The molecule has 32 heavy (non-hydrogen) atoms. The van der Waals surface area contributed by atoms with Crippen LogP contribution in [0.2, 0.25) is 0 Å². The SMILES string of the molecule is CCOc1ccc(-c2ccc(=O)n(CCCC(=O)Nc3ccccc3C(F)(F)F)n2)cc1. The van der Waals surface area contributed by atoms with Crippen molar-refractivity contribution in [2.45, 2.75) is 32.5 Å². The van der Waals surface area contributed by atoms with E-state index in [-0.39, 0.29) is 30.6 Å². The van der Waals surface area contributed by atoms with E-state index in [0.29, 0.717) is 12.3 Å². The number of aromatic nitrogens is 2. The Labute approximate surface area is 182 Å². The predicted octanol–water partition coefficient (Wildman–Crippen LogP) is 4.75. The van der Waals surface area contributed by atoms with Gasteiger partial charge < -0.3 is 10.1 Å². The van der Waals surface area contributed by atoms with E-state index in [0.717, 1.165) is 17.4 Å². The first-order valence-corrected chi connectivity index (χ1v) is 10.1. The lowest BCUT2D eigenvalue weighted by Crippen LogP contribution is -2.23. The van der Waals surface area contributed by atoms with E-state index < -0.39 is 17.6 Å². The molecule has 0 aliphatic heterocycles. The van der Waals surface area contributed by atoms with Gasteiger partial charge in [-0.2, -0.15) is 18.3 Å². The van der Waals surface area contributed by atoms with E-state index in [2.05, 4.69) is 10.4 Å². The van der Waals surface area contributed by atoms with Gasteiger partial charge >= 0.3 is 6.18 Å². The quantitative estimate of drug-likeness (QED) is 0.543. The van der Waals surface area contributed by atoms with Crippen molar-refractivity contribution in [3.63, 3.8) is 0 Å². The fourth-order valence-corrected chi connectivity index (χ4v) is 3.09. The molecule has 0 aliphatic rings. The highest BCUT2D eigenvalue weighted by atomic mass is 19.4. The number of ether oxygens (including phenoxy) is 1. The lowest BCUT2D eigenvalue weighted by atomic mass is 10.1. The number of halogens is 3. The minimum absolute atomic E-state index is 0.0619.